The summed E-state index contributed by atoms with van der Waals surface area (Å²) < 4.78 is 5.70. The first-order chi connectivity index (χ1) is 8.65. The lowest BCUT2D eigenvalue weighted by Crippen LogP contribution is -2.37. The third-order valence-electron chi connectivity index (χ3n) is 2.64. The molecule has 4 heteroatoms. The molecule has 96 valence electrons. The largest absolute Gasteiger partial charge is 0.492 e. The van der Waals surface area contributed by atoms with Crippen LogP contribution in [-0.2, 0) is 0 Å². The van der Waals surface area contributed by atoms with Gasteiger partial charge in [0.25, 0.3) is 0 Å². The van der Waals surface area contributed by atoms with Crippen molar-refractivity contribution in [1.82, 2.24) is 9.88 Å². The number of benzene rings is 1. The van der Waals surface area contributed by atoms with E-state index in [1.807, 2.05) is 44.4 Å². The monoisotopic (exact) mass is 245 g/mol. The highest BCUT2D eigenvalue weighted by atomic mass is 16.5. The molecule has 0 saturated heterocycles. The number of ether oxygens (including phenoxy) is 1. The van der Waals surface area contributed by atoms with Crippen LogP contribution < -0.4 is 10.5 Å². The second kappa shape index (κ2) is 5.80. The molecule has 0 aliphatic rings. The van der Waals surface area contributed by atoms with E-state index in [2.05, 4.69) is 9.88 Å². The molecule has 18 heavy (non-hydrogen) atoms. The Labute approximate surface area is 107 Å². The van der Waals surface area contributed by atoms with E-state index in [-0.39, 0.29) is 6.04 Å². The van der Waals surface area contributed by atoms with Crippen molar-refractivity contribution in [2.24, 2.45) is 5.73 Å². The molecular formula is C14H19N3O. The summed E-state index contributed by atoms with van der Waals surface area (Å²) in [6.07, 6.45) is 1.79. The van der Waals surface area contributed by atoms with E-state index in [0.29, 0.717) is 6.61 Å². The van der Waals surface area contributed by atoms with Gasteiger partial charge in [-0.05, 0) is 38.4 Å². The number of aromatic nitrogens is 1. The van der Waals surface area contributed by atoms with Crippen molar-refractivity contribution in [2.45, 2.75) is 6.04 Å². The molecule has 0 bridgehead atoms. The van der Waals surface area contributed by atoms with Gasteiger partial charge in [-0.3, -0.25) is 4.98 Å². The zero-order valence-electron chi connectivity index (χ0n) is 10.8. The number of nitrogens with zero attached hydrogens (tertiary/aromatic N) is 2. The van der Waals surface area contributed by atoms with E-state index in [1.54, 1.807) is 6.20 Å². The maximum absolute atomic E-state index is 5.96. The summed E-state index contributed by atoms with van der Waals surface area (Å²) in [4.78, 5) is 6.32. The fourth-order valence-corrected chi connectivity index (χ4v) is 1.87. The SMILES string of the molecule is CN(C)CC(N)COc1ccc2ncccc2c1. The highest BCUT2D eigenvalue weighted by Gasteiger charge is 2.05. The minimum atomic E-state index is 0.0181. The molecule has 1 atom stereocenters. The zero-order valence-corrected chi connectivity index (χ0v) is 10.8. The standard InChI is InChI=1S/C14H19N3O/c1-17(2)9-12(15)10-18-13-5-6-14-11(8-13)4-3-7-16-14/h3-8,12H,9-10,15H2,1-2H3. The maximum Gasteiger partial charge on any atom is 0.120 e. The van der Waals surface area contributed by atoms with Gasteiger partial charge in [-0.15, -0.1) is 0 Å². The van der Waals surface area contributed by atoms with Crippen molar-refractivity contribution in [3.05, 3.63) is 36.5 Å². The molecule has 2 rings (SSSR count). The van der Waals surface area contributed by atoms with E-state index in [9.17, 15) is 0 Å². The molecule has 4 nitrogen and oxygen atoms in total. The molecule has 0 aliphatic carbocycles. The van der Waals surface area contributed by atoms with Crippen LogP contribution in [0.3, 0.4) is 0 Å². The molecule has 0 saturated carbocycles. The average molecular weight is 245 g/mol. The second-order valence-corrected chi connectivity index (χ2v) is 4.69. The minimum absolute atomic E-state index is 0.0181. The molecule has 0 amide bonds. The van der Waals surface area contributed by atoms with E-state index >= 15 is 0 Å². The van der Waals surface area contributed by atoms with Gasteiger partial charge in [0.2, 0.25) is 0 Å². The van der Waals surface area contributed by atoms with Crippen LogP contribution in [0.15, 0.2) is 36.5 Å². The Morgan fingerprint density at radius 1 is 1.33 bits per heavy atom. The number of likely N-dealkylation sites (N-methyl/N-ethyl adjacent to an activating group) is 1. The molecule has 2 aromatic rings. The summed E-state index contributed by atoms with van der Waals surface area (Å²) in [7, 11) is 4.00. The van der Waals surface area contributed by atoms with Crippen LogP contribution in [0.2, 0.25) is 0 Å². The Hall–Kier alpha value is -1.65. The van der Waals surface area contributed by atoms with E-state index < -0.39 is 0 Å². The minimum Gasteiger partial charge on any atom is -0.492 e. The van der Waals surface area contributed by atoms with Gasteiger partial charge in [-0.25, -0.2) is 0 Å². The summed E-state index contributed by atoms with van der Waals surface area (Å²) >= 11 is 0. The first-order valence-corrected chi connectivity index (χ1v) is 6.03. The van der Waals surface area contributed by atoms with E-state index in [4.69, 9.17) is 10.5 Å². The predicted molar refractivity (Wildman–Crippen MR) is 73.8 cm³/mol. The first-order valence-electron chi connectivity index (χ1n) is 6.03. The van der Waals surface area contributed by atoms with Crippen LogP contribution in [0, 0.1) is 0 Å². The Kier molecular flexibility index (Phi) is 4.12. The van der Waals surface area contributed by atoms with Crippen molar-refractivity contribution in [2.75, 3.05) is 27.2 Å². The molecule has 2 N–H and O–H groups in total. The number of hydrogen-bond acceptors (Lipinski definition) is 4. The van der Waals surface area contributed by atoms with Crippen LogP contribution in [-0.4, -0.2) is 43.2 Å². The van der Waals surface area contributed by atoms with Crippen LogP contribution in [0.4, 0.5) is 0 Å². The molecule has 0 spiro atoms. The lowest BCUT2D eigenvalue weighted by molar-refractivity contribution is 0.254. The summed E-state index contributed by atoms with van der Waals surface area (Å²) in [6, 6.07) is 9.84. The van der Waals surface area contributed by atoms with E-state index in [0.717, 1.165) is 23.2 Å². The van der Waals surface area contributed by atoms with Crippen molar-refractivity contribution in [1.29, 1.82) is 0 Å². The Morgan fingerprint density at radius 2 is 2.17 bits per heavy atom. The molecule has 0 fully saturated rings. The molecule has 0 radical (unpaired) electrons. The zero-order chi connectivity index (χ0) is 13.0. The van der Waals surface area contributed by atoms with Crippen LogP contribution in [0.1, 0.15) is 0 Å². The predicted octanol–water partition coefficient (Wildman–Crippen LogP) is 1.50. The fraction of sp³-hybridized carbons (Fsp3) is 0.357. The Morgan fingerprint density at radius 3 is 2.94 bits per heavy atom. The molecule has 1 unspecified atom stereocenters. The van der Waals surface area contributed by atoms with Gasteiger partial charge in [0.15, 0.2) is 0 Å². The van der Waals surface area contributed by atoms with Gasteiger partial charge in [-0.1, -0.05) is 6.07 Å². The topological polar surface area (TPSA) is 51.4 Å². The maximum atomic E-state index is 5.96. The van der Waals surface area contributed by atoms with Gasteiger partial charge in [0.1, 0.15) is 12.4 Å². The molecule has 1 aromatic heterocycles. The quantitative estimate of drug-likeness (QED) is 0.867. The van der Waals surface area contributed by atoms with E-state index in [1.165, 1.54) is 0 Å². The molecular weight excluding hydrogens is 226 g/mol. The first kappa shape index (κ1) is 12.8. The van der Waals surface area contributed by atoms with Gasteiger partial charge in [-0.2, -0.15) is 0 Å². The fourth-order valence-electron chi connectivity index (χ4n) is 1.87. The van der Waals surface area contributed by atoms with Crippen LogP contribution in [0.5, 0.6) is 5.75 Å². The lowest BCUT2D eigenvalue weighted by atomic mass is 10.2. The molecule has 1 heterocycles. The Balaban J connectivity index is 1.99. The second-order valence-electron chi connectivity index (χ2n) is 4.69. The Bertz CT molecular complexity index is 513. The molecule has 1 aromatic carbocycles. The smallest absolute Gasteiger partial charge is 0.120 e. The number of rotatable bonds is 5. The number of fused-ring (bicyclic) bond motifs is 1. The van der Waals surface area contributed by atoms with Gasteiger partial charge >= 0.3 is 0 Å². The lowest BCUT2D eigenvalue weighted by Gasteiger charge is -2.17. The summed E-state index contributed by atoms with van der Waals surface area (Å²) in [5, 5.41) is 1.08. The third kappa shape index (κ3) is 3.42. The van der Waals surface area contributed by atoms with Crippen molar-refractivity contribution in [3.8, 4) is 5.75 Å². The van der Waals surface area contributed by atoms with Crippen LogP contribution in [0.25, 0.3) is 10.9 Å². The highest BCUT2D eigenvalue weighted by molar-refractivity contribution is 5.79. The highest BCUT2D eigenvalue weighted by Crippen LogP contribution is 2.18. The number of hydrogen-bond donors (Lipinski definition) is 1. The third-order valence-corrected chi connectivity index (χ3v) is 2.64. The molecule has 0 aliphatic heterocycles. The van der Waals surface area contributed by atoms with Crippen molar-refractivity contribution < 1.29 is 4.74 Å². The normalized spacial score (nSPS) is 12.9. The van der Waals surface area contributed by atoms with Gasteiger partial charge in [0, 0.05) is 18.1 Å². The van der Waals surface area contributed by atoms with Crippen molar-refractivity contribution in [3.63, 3.8) is 0 Å². The summed E-state index contributed by atoms with van der Waals surface area (Å²) in [6.45, 7) is 1.33. The van der Waals surface area contributed by atoms with Gasteiger partial charge in [0.05, 0.1) is 11.6 Å². The average Bonchev–Trinajstić information content (AvgIpc) is 2.35. The number of pyridine rings is 1. The summed E-state index contributed by atoms with van der Waals surface area (Å²) in [5.41, 5.74) is 6.93. The van der Waals surface area contributed by atoms with Gasteiger partial charge < -0.3 is 15.4 Å². The van der Waals surface area contributed by atoms with Crippen molar-refractivity contribution >= 4 is 10.9 Å². The van der Waals surface area contributed by atoms with Crippen LogP contribution >= 0.6 is 0 Å². The summed E-state index contributed by atoms with van der Waals surface area (Å²) in [5.74, 6) is 0.838. The number of nitrogens with two attached hydrogens (primary N) is 1.